The first kappa shape index (κ1) is 23.3. The number of thioether (sulfide) groups is 1. The van der Waals surface area contributed by atoms with Gasteiger partial charge in [0.2, 0.25) is 5.91 Å². The Balaban J connectivity index is 1.49. The molecule has 0 aliphatic carbocycles. The van der Waals surface area contributed by atoms with Crippen LogP contribution in [-0.2, 0) is 9.59 Å². The van der Waals surface area contributed by atoms with E-state index in [1.54, 1.807) is 42.5 Å². The number of carbonyl (C=O) groups is 4. The summed E-state index contributed by atoms with van der Waals surface area (Å²) in [5.41, 5.74) is 1.91. The third-order valence-corrected chi connectivity index (χ3v) is 6.21. The Morgan fingerprint density at radius 3 is 2.65 bits per heavy atom. The van der Waals surface area contributed by atoms with E-state index in [2.05, 4.69) is 5.32 Å². The van der Waals surface area contributed by atoms with Crippen molar-refractivity contribution in [1.29, 1.82) is 0 Å². The molecule has 1 aromatic heterocycles. The van der Waals surface area contributed by atoms with Crippen LogP contribution in [0.2, 0.25) is 5.02 Å². The van der Waals surface area contributed by atoms with Crippen molar-refractivity contribution in [3.05, 3.63) is 81.4 Å². The Morgan fingerprint density at radius 1 is 1.15 bits per heavy atom. The van der Waals surface area contributed by atoms with Crippen molar-refractivity contribution in [1.82, 2.24) is 4.90 Å². The van der Waals surface area contributed by atoms with Gasteiger partial charge in [-0.1, -0.05) is 29.8 Å². The van der Waals surface area contributed by atoms with Gasteiger partial charge in [0.25, 0.3) is 11.1 Å². The molecule has 0 saturated carbocycles. The Bertz CT molecular complexity index is 1360. The standard InChI is InChI=1S/C24H17ClN2O6S/c1-13-6-7-14(23(30)31)10-16(13)19-9-8-15(33-19)11-20-22(29)27(24(32)34-20)12-21(28)26-18-5-3-2-4-17(18)25/h2-11H,12H2,1H3,(H,26,28)(H,30,31)/b20-11+. The summed E-state index contributed by atoms with van der Waals surface area (Å²) < 4.78 is 5.78. The van der Waals surface area contributed by atoms with E-state index in [0.717, 1.165) is 10.5 Å². The van der Waals surface area contributed by atoms with Gasteiger partial charge in [-0.3, -0.25) is 19.3 Å². The second-order valence-corrected chi connectivity index (χ2v) is 8.73. The number of furan rings is 1. The lowest BCUT2D eigenvalue weighted by molar-refractivity contribution is -0.127. The van der Waals surface area contributed by atoms with Crippen LogP contribution < -0.4 is 5.32 Å². The number of benzene rings is 2. The number of para-hydroxylation sites is 1. The number of hydrogen-bond donors (Lipinski definition) is 2. The fraction of sp³-hybridized carbons (Fsp3) is 0.0833. The van der Waals surface area contributed by atoms with Gasteiger partial charge in [-0.05, 0) is 60.6 Å². The minimum absolute atomic E-state index is 0.104. The monoisotopic (exact) mass is 496 g/mol. The molecule has 8 nitrogen and oxygen atoms in total. The van der Waals surface area contributed by atoms with E-state index in [1.807, 2.05) is 6.92 Å². The van der Waals surface area contributed by atoms with Gasteiger partial charge in [0.15, 0.2) is 0 Å². The highest BCUT2D eigenvalue weighted by Gasteiger charge is 2.36. The maximum atomic E-state index is 12.7. The number of amides is 3. The lowest BCUT2D eigenvalue weighted by atomic mass is 10.0. The number of carboxylic acids is 1. The van der Waals surface area contributed by atoms with Crippen LogP contribution >= 0.6 is 23.4 Å². The Labute approximate surface area is 203 Å². The molecule has 4 rings (SSSR count). The summed E-state index contributed by atoms with van der Waals surface area (Å²) in [5, 5.41) is 11.6. The summed E-state index contributed by atoms with van der Waals surface area (Å²) in [6.07, 6.45) is 1.41. The number of imide groups is 1. The molecule has 1 aliphatic heterocycles. The molecular formula is C24H17ClN2O6S. The second kappa shape index (κ2) is 9.58. The predicted octanol–water partition coefficient (Wildman–Crippen LogP) is 5.28. The highest BCUT2D eigenvalue weighted by molar-refractivity contribution is 8.18. The van der Waals surface area contributed by atoms with Gasteiger partial charge < -0.3 is 14.8 Å². The van der Waals surface area contributed by atoms with Crippen molar-refractivity contribution in [3.8, 4) is 11.3 Å². The van der Waals surface area contributed by atoms with Crippen molar-refractivity contribution >= 4 is 58.1 Å². The lowest BCUT2D eigenvalue weighted by Crippen LogP contribution is -2.36. The summed E-state index contributed by atoms with van der Waals surface area (Å²) in [7, 11) is 0. The number of nitrogens with one attached hydrogen (secondary N) is 1. The third kappa shape index (κ3) is 4.90. The zero-order chi connectivity index (χ0) is 24.4. The molecule has 0 radical (unpaired) electrons. The van der Waals surface area contributed by atoms with Crippen molar-refractivity contribution in [2.75, 3.05) is 11.9 Å². The molecule has 10 heteroatoms. The first-order valence-electron chi connectivity index (χ1n) is 9.97. The summed E-state index contributed by atoms with van der Waals surface area (Å²) in [4.78, 5) is 49.6. The van der Waals surface area contributed by atoms with E-state index in [4.69, 9.17) is 16.0 Å². The van der Waals surface area contributed by atoms with Crippen LogP contribution in [0.3, 0.4) is 0 Å². The van der Waals surface area contributed by atoms with Gasteiger partial charge in [0.1, 0.15) is 18.1 Å². The Morgan fingerprint density at radius 2 is 1.91 bits per heavy atom. The minimum Gasteiger partial charge on any atom is -0.478 e. The van der Waals surface area contributed by atoms with Crippen LogP contribution in [0.4, 0.5) is 10.5 Å². The first-order chi connectivity index (χ1) is 16.2. The summed E-state index contributed by atoms with van der Waals surface area (Å²) >= 11 is 6.72. The van der Waals surface area contributed by atoms with Gasteiger partial charge in [-0.25, -0.2) is 4.79 Å². The molecule has 0 atom stereocenters. The fourth-order valence-corrected chi connectivity index (χ4v) is 4.26. The van der Waals surface area contributed by atoms with E-state index in [1.165, 1.54) is 18.2 Å². The normalized spacial score (nSPS) is 14.6. The smallest absolute Gasteiger partial charge is 0.335 e. The average molecular weight is 497 g/mol. The maximum Gasteiger partial charge on any atom is 0.335 e. The number of carbonyl (C=O) groups excluding carboxylic acids is 3. The number of anilines is 1. The van der Waals surface area contributed by atoms with Crippen LogP contribution in [0.15, 0.2) is 63.9 Å². The highest BCUT2D eigenvalue weighted by atomic mass is 35.5. The van der Waals surface area contributed by atoms with E-state index in [0.29, 0.717) is 39.6 Å². The van der Waals surface area contributed by atoms with E-state index in [-0.39, 0.29) is 10.5 Å². The zero-order valence-corrected chi connectivity index (χ0v) is 19.3. The number of aromatic carboxylic acids is 1. The van der Waals surface area contributed by atoms with Crippen molar-refractivity contribution in [2.45, 2.75) is 6.92 Å². The number of rotatable bonds is 6. The van der Waals surface area contributed by atoms with Crippen LogP contribution in [0.1, 0.15) is 21.7 Å². The first-order valence-corrected chi connectivity index (χ1v) is 11.2. The molecule has 2 heterocycles. The maximum absolute atomic E-state index is 12.7. The molecule has 1 saturated heterocycles. The summed E-state index contributed by atoms with van der Waals surface area (Å²) in [5.74, 6) is -1.51. The number of halogens is 1. The molecule has 34 heavy (non-hydrogen) atoms. The number of aryl methyl sites for hydroxylation is 1. The van der Waals surface area contributed by atoms with Gasteiger partial charge in [0, 0.05) is 11.6 Å². The Hall–Kier alpha value is -3.82. The number of carboxylic acid groups (broad SMARTS) is 1. The second-order valence-electron chi connectivity index (χ2n) is 7.33. The average Bonchev–Trinajstić information content (AvgIpc) is 3.36. The molecule has 1 aliphatic rings. The molecule has 2 aromatic carbocycles. The molecule has 3 aromatic rings. The SMILES string of the molecule is Cc1ccc(C(=O)O)cc1-c1ccc(/C=C2/SC(=O)N(CC(=O)Nc3ccccc3Cl)C2=O)o1. The molecule has 0 bridgehead atoms. The van der Waals surface area contributed by atoms with Crippen molar-refractivity contribution in [2.24, 2.45) is 0 Å². The minimum atomic E-state index is -1.06. The molecule has 2 N–H and O–H groups in total. The quantitative estimate of drug-likeness (QED) is 0.446. The number of hydrogen-bond acceptors (Lipinski definition) is 6. The van der Waals surface area contributed by atoms with E-state index >= 15 is 0 Å². The van der Waals surface area contributed by atoms with Gasteiger partial charge in [-0.15, -0.1) is 0 Å². The van der Waals surface area contributed by atoms with Gasteiger partial charge >= 0.3 is 5.97 Å². The fourth-order valence-electron chi connectivity index (χ4n) is 3.26. The van der Waals surface area contributed by atoms with Crippen molar-refractivity contribution < 1.29 is 28.7 Å². The van der Waals surface area contributed by atoms with Crippen molar-refractivity contribution in [3.63, 3.8) is 0 Å². The molecular weight excluding hydrogens is 480 g/mol. The van der Waals surface area contributed by atoms with Crippen LogP contribution in [0, 0.1) is 6.92 Å². The lowest BCUT2D eigenvalue weighted by Gasteiger charge is -2.13. The zero-order valence-electron chi connectivity index (χ0n) is 17.7. The van der Waals surface area contributed by atoms with Gasteiger partial charge in [-0.2, -0.15) is 0 Å². The van der Waals surface area contributed by atoms with E-state index < -0.39 is 29.6 Å². The molecule has 0 unspecified atom stereocenters. The third-order valence-electron chi connectivity index (χ3n) is 4.97. The number of nitrogens with zero attached hydrogens (tertiary/aromatic N) is 1. The molecule has 0 spiro atoms. The molecule has 172 valence electrons. The molecule has 3 amide bonds. The molecule has 1 fully saturated rings. The summed E-state index contributed by atoms with van der Waals surface area (Å²) in [6.45, 7) is 1.36. The van der Waals surface area contributed by atoms with Gasteiger partial charge in [0.05, 0.1) is 21.2 Å². The van der Waals surface area contributed by atoms with Crippen LogP contribution in [0.25, 0.3) is 17.4 Å². The van der Waals surface area contributed by atoms with E-state index in [9.17, 15) is 24.3 Å². The predicted molar refractivity (Wildman–Crippen MR) is 129 cm³/mol. The topological polar surface area (TPSA) is 117 Å². The summed E-state index contributed by atoms with van der Waals surface area (Å²) in [6, 6.07) is 14.6. The highest BCUT2D eigenvalue weighted by Crippen LogP contribution is 2.34. The Kier molecular flexibility index (Phi) is 6.58. The van der Waals surface area contributed by atoms with Crippen LogP contribution in [0.5, 0.6) is 0 Å². The van der Waals surface area contributed by atoms with Crippen LogP contribution in [-0.4, -0.2) is 39.6 Å². The largest absolute Gasteiger partial charge is 0.478 e.